The van der Waals surface area contributed by atoms with Gasteiger partial charge in [0.15, 0.2) is 0 Å². The maximum Gasteiger partial charge on any atom is 0.336 e. The van der Waals surface area contributed by atoms with Crippen LogP contribution in [0.15, 0.2) is 51.7 Å². The van der Waals surface area contributed by atoms with E-state index in [1.807, 2.05) is 26.0 Å². The van der Waals surface area contributed by atoms with Gasteiger partial charge in [0.2, 0.25) is 5.91 Å². The van der Waals surface area contributed by atoms with Crippen LogP contribution in [-0.2, 0) is 20.9 Å². The van der Waals surface area contributed by atoms with Crippen molar-refractivity contribution in [3.63, 3.8) is 0 Å². The number of esters is 1. The Kier molecular flexibility index (Phi) is 5.11. The number of fused-ring (bicyclic) bond motifs is 1. The van der Waals surface area contributed by atoms with E-state index >= 15 is 0 Å². The summed E-state index contributed by atoms with van der Waals surface area (Å²) in [6, 6.07) is 11.0. The fraction of sp³-hybridized carbons (Fsp3) is 0.261. The minimum atomic E-state index is -0.701. The summed E-state index contributed by atoms with van der Waals surface area (Å²) in [5.74, 6) is -2.12. The molecule has 1 saturated heterocycles. The Morgan fingerprint density at radius 1 is 1.20 bits per heavy atom. The SMILES string of the molecule is Cc1ccc2c(COC(=O)[C@@H]3CC(=O)N(c4ccccc4F)C3)cc(=O)oc2c1C. The van der Waals surface area contributed by atoms with E-state index in [1.165, 1.54) is 29.2 Å². The summed E-state index contributed by atoms with van der Waals surface area (Å²) in [4.78, 5) is 38.1. The molecule has 2 aromatic carbocycles. The van der Waals surface area contributed by atoms with E-state index in [1.54, 1.807) is 6.07 Å². The number of anilines is 1. The lowest BCUT2D eigenvalue weighted by Gasteiger charge is -2.17. The highest BCUT2D eigenvalue weighted by Crippen LogP contribution is 2.29. The van der Waals surface area contributed by atoms with Gasteiger partial charge in [-0.2, -0.15) is 0 Å². The topological polar surface area (TPSA) is 76.8 Å². The Labute approximate surface area is 171 Å². The standard InChI is InChI=1S/C23H20FNO5/c1-13-7-8-17-16(10-21(27)30-22(17)14(13)2)12-29-23(28)15-9-20(26)25(11-15)19-6-4-3-5-18(19)24/h3-8,10,15H,9,11-12H2,1-2H3/t15-/m1/s1. The van der Waals surface area contributed by atoms with E-state index in [-0.39, 0.29) is 31.2 Å². The van der Waals surface area contributed by atoms with Gasteiger partial charge in [0, 0.05) is 30.0 Å². The number of aryl methyl sites for hydroxylation is 2. The number of hydrogen-bond donors (Lipinski definition) is 0. The summed E-state index contributed by atoms with van der Waals surface area (Å²) in [6.07, 6.45) is -0.0524. The summed E-state index contributed by atoms with van der Waals surface area (Å²) in [5.41, 5.74) is 2.46. The lowest BCUT2D eigenvalue weighted by atomic mass is 10.0. The van der Waals surface area contributed by atoms with Crippen molar-refractivity contribution in [2.24, 2.45) is 5.92 Å². The average molecular weight is 409 g/mol. The Hall–Kier alpha value is -3.48. The van der Waals surface area contributed by atoms with Gasteiger partial charge in [0.05, 0.1) is 11.6 Å². The quantitative estimate of drug-likeness (QED) is 0.486. The largest absolute Gasteiger partial charge is 0.461 e. The van der Waals surface area contributed by atoms with E-state index in [9.17, 15) is 18.8 Å². The summed E-state index contributed by atoms with van der Waals surface area (Å²) < 4.78 is 24.8. The van der Waals surface area contributed by atoms with Gasteiger partial charge in [0.25, 0.3) is 0 Å². The molecule has 1 amide bonds. The third-order valence-corrected chi connectivity index (χ3v) is 5.49. The van der Waals surface area contributed by atoms with Crippen molar-refractivity contribution < 1.29 is 23.1 Å². The molecule has 6 nitrogen and oxygen atoms in total. The van der Waals surface area contributed by atoms with Crippen molar-refractivity contribution in [1.82, 2.24) is 0 Å². The van der Waals surface area contributed by atoms with Gasteiger partial charge < -0.3 is 14.1 Å². The third kappa shape index (κ3) is 3.58. The predicted octanol–water partition coefficient (Wildman–Crippen LogP) is 3.65. The zero-order chi connectivity index (χ0) is 21.4. The van der Waals surface area contributed by atoms with Crippen LogP contribution in [0.3, 0.4) is 0 Å². The van der Waals surface area contributed by atoms with Crippen molar-refractivity contribution in [3.05, 3.63) is 75.4 Å². The van der Waals surface area contributed by atoms with E-state index in [4.69, 9.17) is 9.15 Å². The monoisotopic (exact) mass is 409 g/mol. The molecular formula is C23H20FNO5. The first-order valence-electron chi connectivity index (χ1n) is 9.59. The molecule has 7 heteroatoms. The number of carbonyl (C=O) groups excluding carboxylic acids is 2. The molecule has 0 aliphatic carbocycles. The van der Waals surface area contributed by atoms with Gasteiger partial charge in [-0.25, -0.2) is 9.18 Å². The smallest absolute Gasteiger partial charge is 0.336 e. The second-order valence-corrected chi connectivity index (χ2v) is 7.44. The molecule has 4 rings (SSSR count). The Bertz CT molecular complexity index is 1220. The Balaban J connectivity index is 1.51. The first-order valence-corrected chi connectivity index (χ1v) is 9.59. The number of halogens is 1. The van der Waals surface area contributed by atoms with Crippen molar-refractivity contribution in [3.8, 4) is 0 Å². The van der Waals surface area contributed by atoms with Gasteiger partial charge in [-0.05, 0) is 37.1 Å². The molecule has 0 bridgehead atoms. The lowest BCUT2D eigenvalue weighted by Crippen LogP contribution is -2.27. The van der Waals surface area contributed by atoms with Crippen molar-refractivity contribution in [2.45, 2.75) is 26.9 Å². The number of hydrogen-bond acceptors (Lipinski definition) is 5. The van der Waals surface area contributed by atoms with Crippen LogP contribution in [0.5, 0.6) is 0 Å². The van der Waals surface area contributed by atoms with Gasteiger partial charge in [-0.15, -0.1) is 0 Å². The van der Waals surface area contributed by atoms with Gasteiger partial charge in [-0.1, -0.05) is 24.3 Å². The van der Waals surface area contributed by atoms with Crippen LogP contribution in [0, 0.1) is 25.6 Å². The number of carbonyl (C=O) groups is 2. The molecule has 3 aromatic rings. The van der Waals surface area contributed by atoms with E-state index < -0.39 is 23.3 Å². The maximum absolute atomic E-state index is 14.0. The zero-order valence-electron chi connectivity index (χ0n) is 16.6. The normalized spacial score (nSPS) is 16.3. The molecule has 0 spiro atoms. The van der Waals surface area contributed by atoms with Gasteiger partial charge in [0.1, 0.15) is 18.0 Å². The molecule has 2 heterocycles. The highest BCUT2D eigenvalue weighted by Gasteiger charge is 2.37. The average Bonchev–Trinajstić information content (AvgIpc) is 3.11. The van der Waals surface area contributed by atoms with Gasteiger partial charge in [-0.3, -0.25) is 9.59 Å². The number of para-hydroxylation sites is 1. The molecule has 0 radical (unpaired) electrons. The predicted molar refractivity (Wildman–Crippen MR) is 109 cm³/mol. The molecule has 30 heavy (non-hydrogen) atoms. The molecule has 1 aliphatic heterocycles. The van der Waals surface area contributed by atoms with Crippen molar-refractivity contribution >= 4 is 28.5 Å². The second-order valence-electron chi connectivity index (χ2n) is 7.44. The number of ether oxygens (including phenoxy) is 1. The first-order chi connectivity index (χ1) is 14.3. The molecule has 154 valence electrons. The first kappa shape index (κ1) is 19.8. The van der Waals surface area contributed by atoms with Crippen LogP contribution >= 0.6 is 0 Å². The fourth-order valence-electron chi connectivity index (χ4n) is 3.68. The van der Waals surface area contributed by atoms with Crippen LogP contribution in [0.1, 0.15) is 23.1 Å². The van der Waals surface area contributed by atoms with Crippen molar-refractivity contribution in [1.29, 1.82) is 0 Å². The summed E-state index contributed by atoms with van der Waals surface area (Å²) in [5, 5.41) is 0.695. The third-order valence-electron chi connectivity index (χ3n) is 5.49. The number of benzene rings is 2. The highest BCUT2D eigenvalue weighted by atomic mass is 19.1. The molecule has 1 fully saturated rings. The molecule has 1 aliphatic rings. The van der Waals surface area contributed by atoms with E-state index in [2.05, 4.69) is 0 Å². The molecule has 0 unspecified atom stereocenters. The number of nitrogens with zero attached hydrogens (tertiary/aromatic N) is 1. The van der Waals surface area contributed by atoms with Gasteiger partial charge >= 0.3 is 11.6 Å². The number of rotatable bonds is 4. The molecule has 1 aromatic heterocycles. The molecule has 0 N–H and O–H groups in total. The van der Waals surface area contributed by atoms with Crippen LogP contribution in [-0.4, -0.2) is 18.4 Å². The van der Waals surface area contributed by atoms with Crippen LogP contribution < -0.4 is 10.5 Å². The van der Waals surface area contributed by atoms with E-state index in [0.717, 1.165) is 11.1 Å². The summed E-state index contributed by atoms with van der Waals surface area (Å²) >= 11 is 0. The Morgan fingerprint density at radius 3 is 2.73 bits per heavy atom. The lowest BCUT2D eigenvalue weighted by molar-refractivity contribution is -0.149. The molecular weight excluding hydrogens is 389 g/mol. The van der Waals surface area contributed by atoms with Crippen LogP contribution in [0.2, 0.25) is 0 Å². The Morgan fingerprint density at radius 2 is 1.97 bits per heavy atom. The summed E-state index contributed by atoms with van der Waals surface area (Å²) in [6.45, 7) is 3.71. The zero-order valence-corrected chi connectivity index (χ0v) is 16.6. The van der Waals surface area contributed by atoms with Crippen LogP contribution in [0.25, 0.3) is 11.0 Å². The maximum atomic E-state index is 14.0. The minimum Gasteiger partial charge on any atom is -0.461 e. The highest BCUT2D eigenvalue weighted by molar-refractivity contribution is 5.99. The molecule has 1 atom stereocenters. The fourth-order valence-corrected chi connectivity index (χ4v) is 3.68. The summed E-state index contributed by atoms with van der Waals surface area (Å²) in [7, 11) is 0. The molecule has 0 saturated carbocycles. The number of amides is 1. The second kappa shape index (κ2) is 7.74. The minimum absolute atomic E-state index is 0.0502. The van der Waals surface area contributed by atoms with E-state index in [0.29, 0.717) is 16.5 Å². The van der Waals surface area contributed by atoms with Crippen molar-refractivity contribution in [2.75, 3.05) is 11.4 Å². The van der Waals surface area contributed by atoms with Crippen LogP contribution in [0.4, 0.5) is 10.1 Å².